The largest absolute Gasteiger partial charge is 0.463 e. The topological polar surface area (TPSA) is 102 Å². The van der Waals surface area contributed by atoms with Crippen molar-refractivity contribution in [3.8, 4) is 0 Å². The van der Waals surface area contributed by atoms with Crippen LogP contribution < -0.4 is 5.73 Å². The van der Waals surface area contributed by atoms with Gasteiger partial charge in [0, 0.05) is 36.6 Å². The molecule has 1 aromatic heterocycles. The highest BCUT2D eigenvalue weighted by Gasteiger charge is 2.26. The van der Waals surface area contributed by atoms with Crippen molar-refractivity contribution < 1.29 is 14.3 Å². The van der Waals surface area contributed by atoms with Gasteiger partial charge in [0.05, 0.1) is 24.2 Å². The minimum absolute atomic E-state index is 0.00301. The van der Waals surface area contributed by atoms with Crippen LogP contribution in [-0.4, -0.2) is 64.4 Å². The molecule has 2 N–H and O–H groups in total. The van der Waals surface area contributed by atoms with E-state index in [4.69, 9.17) is 22.1 Å². The molecule has 2 aromatic carbocycles. The first-order chi connectivity index (χ1) is 16.4. The number of fused-ring (bicyclic) bond motifs is 1. The van der Waals surface area contributed by atoms with Crippen LogP contribution in [0.5, 0.6) is 0 Å². The lowest BCUT2D eigenvalue weighted by atomic mass is 10.1. The standard InChI is InChI=1S/C25H26ClN5O3/c1-2-34-25(33)19(11-17-3-6-20(26)7-4-17)14-30-9-10-31(23(32)15-30)13-18-5-8-21-22(12-18)28-16-29-24(21)27/h3-8,11-12,16H,2,9-10,13-15H2,1H3,(H2,27,28,29). The molecule has 4 rings (SSSR count). The summed E-state index contributed by atoms with van der Waals surface area (Å²) in [6.07, 6.45) is 3.22. The molecule has 0 unspecified atom stereocenters. The summed E-state index contributed by atoms with van der Waals surface area (Å²) in [5.41, 5.74) is 8.97. The van der Waals surface area contributed by atoms with Crippen LogP contribution in [0.3, 0.4) is 0 Å². The van der Waals surface area contributed by atoms with Gasteiger partial charge in [-0.1, -0.05) is 29.8 Å². The fourth-order valence-electron chi connectivity index (χ4n) is 3.90. The Morgan fingerprint density at radius 2 is 1.97 bits per heavy atom. The number of benzene rings is 2. The van der Waals surface area contributed by atoms with E-state index in [1.807, 2.05) is 40.1 Å². The monoisotopic (exact) mass is 479 g/mol. The third-order valence-corrected chi connectivity index (χ3v) is 5.90. The second-order valence-electron chi connectivity index (χ2n) is 8.08. The van der Waals surface area contributed by atoms with Crippen LogP contribution in [0, 0.1) is 0 Å². The van der Waals surface area contributed by atoms with Crippen LogP contribution in [0.15, 0.2) is 54.4 Å². The number of amides is 1. The molecule has 1 saturated heterocycles. The van der Waals surface area contributed by atoms with Crippen molar-refractivity contribution in [3.63, 3.8) is 0 Å². The van der Waals surface area contributed by atoms with Crippen molar-refractivity contribution in [1.29, 1.82) is 0 Å². The molecule has 1 aliphatic heterocycles. The van der Waals surface area contributed by atoms with E-state index in [0.717, 1.165) is 22.0 Å². The number of hydrogen-bond donors (Lipinski definition) is 1. The van der Waals surface area contributed by atoms with E-state index in [0.29, 0.717) is 42.6 Å². The van der Waals surface area contributed by atoms with E-state index >= 15 is 0 Å². The van der Waals surface area contributed by atoms with E-state index < -0.39 is 0 Å². The number of hydrogen-bond acceptors (Lipinski definition) is 7. The van der Waals surface area contributed by atoms with Crippen molar-refractivity contribution in [1.82, 2.24) is 19.8 Å². The Bertz CT molecular complexity index is 1230. The number of rotatable bonds is 7. The smallest absolute Gasteiger partial charge is 0.335 e. The minimum Gasteiger partial charge on any atom is -0.463 e. The number of nitrogen functional groups attached to an aromatic ring is 1. The number of halogens is 1. The Morgan fingerprint density at radius 1 is 1.18 bits per heavy atom. The second kappa shape index (κ2) is 10.6. The van der Waals surface area contributed by atoms with Crippen LogP contribution in [0.25, 0.3) is 17.0 Å². The molecule has 3 aromatic rings. The summed E-state index contributed by atoms with van der Waals surface area (Å²) in [7, 11) is 0. The number of aromatic nitrogens is 2. The zero-order chi connectivity index (χ0) is 24.1. The van der Waals surface area contributed by atoms with Crippen LogP contribution >= 0.6 is 11.6 Å². The Balaban J connectivity index is 1.42. The van der Waals surface area contributed by atoms with Crippen molar-refractivity contribution in [3.05, 3.63) is 70.5 Å². The van der Waals surface area contributed by atoms with Gasteiger partial charge in [0.1, 0.15) is 12.1 Å². The molecule has 0 aliphatic carbocycles. The molecule has 0 spiro atoms. The fourth-order valence-corrected chi connectivity index (χ4v) is 4.02. The van der Waals surface area contributed by atoms with Crippen LogP contribution in [0.1, 0.15) is 18.1 Å². The van der Waals surface area contributed by atoms with Crippen molar-refractivity contribution in [2.75, 3.05) is 38.5 Å². The number of carbonyl (C=O) groups is 2. The molecule has 8 nitrogen and oxygen atoms in total. The van der Waals surface area contributed by atoms with Crippen molar-refractivity contribution in [2.24, 2.45) is 0 Å². The van der Waals surface area contributed by atoms with Gasteiger partial charge in [0.2, 0.25) is 5.91 Å². The van der Waals surface area contributed by atoms with E-state index in [1.54, 1.807) is 25.1 Å². The average Bonchev–Trinajstić information content (AvgIpc) is 2.82. The third kappa shape index (κ3) is 5.70. The maximum Gasteiger partial charge on any atom is 0.335 e. The summed E-state index contributed by atoms with van der Waals surface area (Å²) in [6, 6.07) is 13.0. The first-order valence-electron chi connectivity index (χ1n) is 11.1. The minimum atomic E-state index is -0.384. The highest BCUT2D eigenvalue weighted by molar-refractivity contribution is 6.30. The van der Waals surface area contributed by atoms with Gasteiger partial charge in [-0.15, -0.1) is 0 Å². The molecule has 2 heterocycles. The van der Waals surface area contributed by atoms with Crippen molar-refractivity contribution >= 4 is 46.3 Å². The molecule has 1 aliphatic rings. The fraction of sp³-hybridized carbons (Fsp3) is 0.280. The Hall–Kier alpha value is -3.49. The van der Waals surface area contributed by atoms with E-state index in [1.165, 1.54) is 6.33 Å². The highest BCUT2D eigenvalue weighted by Crippen LogP contribution is 2.20. The number of ether oxygens (including phenoxy) is 1. The number of esters is 1. The predicted molar refractivity (Wildman–Crippen MR) is 132 cm³/mol. The summed E-state index contributed by atoms with van der Waals surface area (Å²) in [5.74, 6) is 0.0540. The summed E-state index contributed by atoms with van der Waals surface area (Å²) < 4.78 is 5.24. The first kappa shape index (κ1) is 23.7. The molecule has 34 heavy (non-hydrogen) atoms. The zero-order valence-corrected chi connectivity index (χ0v) is 19.7. The molecular formula is C25H26ClN5O3. The van der Waals surface area contributed by atoms with Crippen LogP contribution in [-0.2, 0) is 20.9 Å². The van der Waals surface area contributed by atoms with Gasteiger partial charge in [-0.3, -0.25) is 9.69 Å². The second-order valence-corrected chi connectivity index (χ2v) is 8.51. The lowest BCUT2D eigenvalue weighted by molar-refractivity contribution is -0.140. The Morgan fingerprint density at radius 3 is 2.71 bits per heavy atom. The SMILES string of the molecule is CCOC(=O)C(=Cc1ccc(Cl)cc1)CN1CCN(Cc2ccc3c(N)ncnc3c2)C(=O)C1. The highest BCUT2D eigenvalue weighted by atomic mass is 35.5. The number of carbonyl (C=O) groups excluding carboxylic acids is 2. The van der Waals surface area contributed by atoms with Gasteiger partial charge in [0.25, 0.3) is 0 Å². The number of anilines is 1. The molecular weight excluding hydrogens is 454 g/mol. The summed E-state index contributed by atoms with van der Waals surface area (Å²) in [4.78, 5) is 37.5. The molecule has 0 atom stereocenters. The molecule has 1 amide bonds. The molecule has 0 radical (unpaired) electrons. The van der Waals surface area contributed by atoms with Crippen LogP contribution in [0.4, 0.5) is 5.82 Å². The lowest BCUT2D eigenvalue weighted by Gasteiger charge is -2.34. The summed E-state index contributed by atoms with van der Waals surface area (Å²) in [5, 5.41) is 1.42. The quantitative estimate of drug-likeness (QED) is 0.410. The van der Waals surface area contributed by atoms with E-state index in [-0.39, 0.29) is 25.0 Å². The van der Waals surface area contributed by atoms with Gasteiger partial charge >= 0.3 is 5.97 Å². The van der Waals surface area contributed by atoms with E-state index in [2.05, 4.69) is 9.97 Å². The maximum absolute atomic E-state index is 12.9. The lowest BCUT2D eigenvalue weighted by Crippen LogP contribution is -2.50. The normalized spacial score (nSPS) is 15.1. The number of nitrogens with two attached hydrogens (primary N) is 1. The zero-order valence-electron chi connectivity index (χ0n) is 18.9. The maximum atomic E-state index is 12.9. The molecule has 0 bridgehead atoms. The summed E-state index contributed by atoms with van der Waals surface area (Å²) in [6.45, 7) is 4.29. The average molecular weight is 480 g/mol. The van der Waals surface area contributed by atoms with Gasteiger partial charge in [-0.05, 0) is 48.4 Å². The first-order valence-corrected chi connectivity index (χ1v) is 11.4. The van der Waals surface area contributed by atoms with Gasteiger partial charge in [-0.25, -0.2) is 14.8 Å². The molecule has 1 fully saturated rings. The van der Waals surface area contributed by atoms with Gasteiger partial charge in [0.15, 0.2) is 0 Å². The molecule has 9 heteroatoms. The van der Waals surface area contributed by atoms with Crippen LogP contribution in [0.2, 0.25) is 5.02 Å². The Kier molecular flexibility index (Phi) is 7.40. The van der Waals surface area contributed by atoms with Crippen molar-refractivity contribution in [2.45, 2.75) is 13.5 Å². The summed E-state index contributed by atoms with van der Waals surface area (Å²) >= 11 is 5.96. The van der Waals surface area contributed by atoms with Gasteiger partial charge < -0.3 is 15.4 Å². The predicted octanol–water partition coefficient (Wildman–Crippen LogP) is 3.16. The van der Waals surface area contributed by atoms with Gasteiger partial charge in [-0.2, -0.15) is 0 Å². The third-order valence-electron chi connectivity index (χ3n) is 5.65. The Labute approximate surface area is 203 Å². The number of piperazine rings is 1. The molecule has 0 saturated carbocycles. The number of nitrogens with zero attached hydrogens (tertiary/aromatic N) is 4. The molecule has 176 valence electrons. The van der Waals surface area contributed by atoms with E-state index in [9.17, 15) is 9.59 Å².